The third-order valence-electron chi connectivity index (χ3n) is 25.6. The van der Waals surface area contributed by atoms with Crippen molar-refractivity contribution in [3.63, 3.8) is 0 Å². The van der Waals surface area contributed by atoms with Gasteiger partial charge < -0.3 is 104 Å². The van der Waals surface area contributed by atoms with Crippen molar-refractivity contribution >= 4 is 172 Å². The Morgan fingerprint density at radius 3 is 1.05 bits per heavy atom. The van der Waals surface area contributed by atoms with E-state index in [9.17, 15) is 0 Å². The van der Waals surface area contributed by atoms with E-state index in [1.165, 1.54) is 157 Å². The predicted octanol–water partition coefficient (Wildman–Crippen LogP) is 6.11. The summed E-state index contributed by atoms with van der Waals surface area (Å²) in [4.78, 5) is 50.4. The Kier molecular flexibility index (Phi) is 55.0. The van der Waals surface area contributed by atoms with Crippen LogP contribution in [-0.4, -0.2) is 210 Å². The Hall–Kier alpha value is -9.47. The van der Waals surface area contributed by atoms with Gasteiger partial charge in [0.2, 0.25) is 32.1 Å². The van der Waals surface area contributed by atoms with E-state index in [1.807, 2.05) is 70.0 Å². The third-order valence-corrected chi connectivity index (χ3v) is 32.1. The molecule has 0 N–H and O–H groups in total. The summed E-state index contributed by atoms with van der Waals surface area (Å²) in [6.45, 7) is 42.7. The lowest BCUT2D eigenvalue weighted by Gasteiger charge is -2.22. The third kappa shape index (κ3) is 32.8. The fourth-order valence-electron chi connectivity index (χ4n) is 16.9. The molecule has 6 heterocycles. The molecule has 0 saturated heterocycles. The Labute approximate surface area is 960 Å². The predicted molar refractivity (Wildman–Crippen MR) is 650 cm³/mol. The largest absolute Gasteiger partial charge is 1.00 e. The van der Waals surface area contributed by atoms with Crippen LogP contribution in [0, 0.1) is 27.7 Å². The zero-order chi connectivity index (χ0) is 103. The van der Waals surface area contributed by atoms with Crippen LogP contribution in [0.15, 0.2) is 182 Å². The van der Waals surface area contributed by atoms with Crippen molar-refractivity contribution in [3.05, 3.63) is 248 Å². The number of nitrogens with zero attached hydrogens (tertiary/aromatic N) is 18. The zero-order valence-corrected chi connectivity index (χ0v) is 102. The van der Waals surface area contributed by atoms with Gasteiger partial charge in [-0.3, -0.25) is 0 Å². The molecule has 6 aliphatic heterocycles. The lowest BCUT2D eigenvalue weighted by Crippen LogP contribution is -3.00. The van der Waals surface area contributed by atoms with Crippen molar-refractivity contribution < 1.29 is 74.4 Å². The quantitative estimate of drug-likeness (QED) is 0.0562. The lowest BCUT2D eigenvalue weighted by atomic mass is 10.1. The summed E-state index contributed by atoms with van der Waals surface area (Å²) in [5.74, 6) is 0. The van der Waals surface area contributed by atoms with Gasteiger partial charge in [0.15, 0.2) is 0 Å². The molecule has 0 amide bonds. The van der Waals surface area contributed by atoms with Crippen LogP contribution >= 0.6 is 76.5 Å². The fraction of sp³-hybridized carbons (Fsp3) is 0.395. The van der Waals surface area contributed by atoms with E-state index in [0.717, 1.165) is 145 Å². The molecule has 12 aliphatic rings. The van der Waals surface area contributed by atoms with Gasteiger partial charge in [-0.1, -0.05) is 50.0 Å². The second-order valence-corrected chi connectivity index (χ2v) is 44.7. The van der Waals surface area contributed by atoms with E-state index in [1.54, 1.807) is 11.3 Å². The van der Waals surface area contributed by atoms with Crippen molar-refractivity contribution in [2.45, 2.75) is 145 Å². The lowest BCUT2D eigenvalue weighted by molar-refractivity contribution is -0.00100. The molecule has 150 heavy (non-hydrogen) atoms. The molecular formula is C119H163Cl6N18PS6. The Morgan fingerprint density at radius 1 is 0.300 bits per heavy atom. The van der Waals surface area contributed by atoms with Gasteiger partial charge in [0.05, 0.1) is 126 Å². The van der Waals surface area contributed by atoms with Crippen LogP contribution in [0.5, 0.6) is 0 Å². The van der Waals surface area contributed by atoms with Crippen LogP contribution in [0.2, 0.25) is 0 Å². The molecule has 0 fully saturated rings. The second kappa shape index (κ2) is 62.2. The van der Waals surface area contributed by atoms with Crippen LogP contribution in [0.25, 0.3) is 125 Å². The second-order valence-electron chi connectivity index (χ2n) is 37.3. The molecule has 6 aromatic carbocycles. The number of benzene rings is 12. The number of hydrogen-bond donors (Lipinski definition) is 0. The van der Waals surface area contributed by atoms with Crippen molar-refractivity contribution in [2.75, 3.05) is 208 Å². The molecule has 31 heteroatoms. The normalized spacial score (nSPS) is 11.0. The number of anilines is 6. The van der Waals surface area contributed by atoms with E-state index < -0.39 is 0 Å². The molecule has 0 spiro atoms. The number of aryl methyl sites for hydroxylation is 6. The van der Waals surface area contributed by atoms with Gasteiger partial charge in [-0.2, -0.15) is 0 Å². The maximum Gasteiger partial charge on any atom is 0.201 e. The molecule has 6 aliphatic carbocycles. The molecule has 0 saturated carbocycles. The molecule has 0 aromatic heterocycles. The first-order valence-electron chi connectivity index (χ1n) is 50.0. The molecule has 18 nitrogen and oxygen atoms in total. The number of aromatic nitrogens is 6. The number of rotatable bonds is 18. The molecule has 0 bridgehead atoms. The fourth-order valence-corrected chi connectivity index (χ4v) is 23.6. The highest BCUT2D eigenvalue weighted by atomic mass is 35.5. The summed E-state index contributed by atoms with van der Waals surface area (Å²) in [5.41, 5.74) is 28.4. The van der Waals surface area contributed by atoms with E-state index in [2.05, 4.69) is 449 Å². The van der Waals surface area contributed by atoms with E-state index >= 15 is 0 Å². The van der Waals surface area contributed by atoms with Gasteiger partial charge >= 0.3 is 0 Å². The highest BCUT2D eigenvalue weighted by Gasteiger charge is 2.23. The van der Waals surface area contributed by atoms with Crippen molar-refractivity contribution in [3.8, 4) is 63.4 Å². The Bertz CT molecular complexity index is 7780. The van der Waals surface area contributed by atoms with Crippen LogP contribution < -0.4 is 163 Å². The minimum absolute atomic E-state index is 0. The monoisotopic (exact) mass is 2280 g/mol. The average molecular weight is 2280 g/mol. The van der Waals surface area contributed by atoms with Crippen molar-refractivity contribution in [1.29, 1.82) is 1.28 Å². The summed E-state index contributed by atoms with van der Waals surface area (Å²) >= 11 is 11.0. The van der Waals surface area contributed by atoms with Gasteiger partial charge in [0, 0.05) is 196 Å². The molecule has 0 unspecified atom stereocenters. The number of fused-ring (bicyclic) bond motifs is 12. The van der Waals surface area contributed by atoms with Gasteiger partial charge in [-0.15, -0.1) is 76.5 Å². The van der Waals surface area contributed by atoms with E-state index in [0.29, 0.717) is 0 Å². The number of hydrogen-bond acceptors (Lipinski definition) is 18. The molecular weight excluding hydrogens is 2120 g/mol. The first-order valence-corrected chi connectivity index (χ1v) is 56.2. The summed E-state index contributed by atoms with van der Waals surface area (Å²) < 4.78 is 27.5. The zero-order valence-electron chi connectivity index (χ0n) is 93.0. The first kappa shape index (κ1) is 133. The average Bonchev–Trinajstić information content (AvgIpc) is 0.745. The maximum absolute atomic E-state index is 6.65. The van der Waals surface area contributed by atoms with E-state index in [-0.39, 0.29) is 105 Å². The van der Waals surface area contributed by atoms with Crippen LogP contribution in [-0.2, 0) is 12.8 Å². The topological polar surface area (TPSA) is 115 Å². The summed E-state index contributed by atoms with van der Waals surface area (Å²) in [6.07, 6.45) is 4.31. The van der Waals surface area contributed by atoms with Crippen molar-refractivity contribution in [2.24, 2.45) is 0 Å². The van der Waals surface area contributed by atoms with Crippen LogP contribution in [0.1, 0.15) is 138 Å². The minimum Gasteiger partial charge on any atom is -1.00 e. The molecule has 812 valence electrons. The molecule has 0 radical (unpaired) electrons. The maximum atomic E-state index is 6.65. The van der Waals surface area contributed by atoms with Gasteiger partial charge in [0.25, 0.3) is 0 Å². The molecule has 18 rings (SSSR count). The highest BCUT2D eigenvalue weighted by Crippen LogP contribution is 2.41. The van der Waals surface area contributed by atoms with Gasteiger partial charge in [-0.05, 0) is 244 Å². The van der Waals surface area contributed by atoms with Gasteiger partial charge in [-0.25, -0.2) is 57.4 Å². The van der Waals surface area contributed by atoms with Crippen LogP contribution in [0.3, 0.4) is 0 Å². The van der Waals surface area contributed by atoms with Crippen LogP contribution in [0.4, 0.5) is 34.1 Å². The summed E-state index contributed by atoms with van der Waals surface area (Å²) in [7, 11) is 33.1. The Morgan fingerprint density at radius 2 is 0.647 bits per heavy atom. The standard InChI is InChI=1S/C22H30N3S.2C20H26N3S.2C18H22N3S.C16H18N3S.C2H7P.3CH4.6ClH/c1-7-24(8-2)17-11-15(5)21-19(13-17)26-20-14-18(25(9-3)10-4)12-16(6)22(20)23-21;1-7-13-9-15(22(3)4)11-17-19(13)21-20-14(8-2)10-16(23(5)6)12-18(20)24-17;1-5-11-22(3)15-7-9-17-19(13-15)24-20-14-16(23(4)12-6-2)8-10-18(20)21-17;1-11-7-13(20(3)4)9-15-17(11)19-18-12(2)8-14(21(5)6)10-16(18)22-15;1-5-20(3)13-7-9-15-17(11-13)22-18-12-14(21(4)6-2)8-10-16(18)19-15;1-18(2)11-5-7-13-15(9-11)20-16-10-12(19(3)4)6-8-14(16)17-13;1-3-2;;;;;;;;;/h11-14H,7-10H2,1-6H3;9-12H,7-8H2,1-6H3;7-10,13-14H,5-6,11-12H2,1-4H3;7-10H,1-6H3;7-12H,5-6H2,1-4H3;5-10H,1-4H3;3H,1-2H3;3*1H4;6*1H/q6*+1;;;;;;;;;;/p-6/i;;;;;;3T;;;;;;;;;. The minimum atomic E-state index is -0.370. The molecule has 0 atom stereocenters. The highest BCUT2D eigenvalue weighted by molar-refractivity contribution is 7.36. The SMILES string of the molecule is C.C.C.CCCN(C)c1ccc2nc3ccc(=[N+](C)CCC)cc-3sc2c1.CCN(C)c1ccc2nc3ccc(=[N+](C)CC)cc-3sc2c1.CCN(CC)c1cc(C)c2nc3c(C)cc(=[N+](CC)CC)cc-3sc2c1.CCc1cc(=[N+](C)C)cc2sc3cc(N(C)C)cc(CC)c3nc1-2.CN(C)c1ccc2nc3ccc(=[N+](C)C)cc-3sc2c1.Cc1cc(=[N+](C)C)cc2sc3cc(N(C)C)cc(C)c3nc1-2.[3H]P(C)C.[Cl-].[Cl-].[Cl-].[Cl-].[Cl-].[Cl-]. The smallest absolute Gasteiger partial charge is 0.201 e. The number of halogens is 6. The van der Waals surface area contributed by atoms with E-state index in [4.69, 9.17) is 31.2 Å². The summed E-state index contributed by atoms with van der Waals surface area (Å²) in [6, 6.07) is 66.2. The first-order chi connectivity index (χ1) is 67.8. The van der Waals surface area contributed by atoms with Gasteiger partial charge in [0.1, 0.15) is 82.6 Å². The summed E-state index contributed by atoms with van der Waals surface area (Å²) in [5, 5.41) is 7.49. The molecule has 6 aromatic rings. The van der Waals surface area contributed by atoms with Crippen molar-refractivity contribution in [1.82, 2.24) is 57.4 Å². The Balaban J connectivity index is 0.000000457.